The average molecular weight is 339 g/mol. The van der Waals surface area contributed by atoms with Gasteiger partial charge in [0.25, 0.3) is 5.22 Å². The summed E-state index contributed by atoms with van der Waals surface area (Å²) in [5, 5.41) is 22.2. The van der Waals surface area contributed by atoms with Gasteiger partial charge in [0.1, 0.15) is 5.52 Å². The van der Waals surface area contributed by atoms with Crippen molar-refractivity contribution >= 4 is 40.9 Å². The van der Waals surface area contributed by atoms with Gasteiger partial charge in [0.15, 0.2) is 5.58 Å². The molecule has 6 nitrogen and oxygen atoms in total. The number of oxazole rings is 1. The fraction of sp³-hybridized carbons (Fsp3) is 0. The number of para-hydroxylation sites is 2. The minimum Gasteiger partial charge on any atom is -0.545 e. The Kier molecular flexibility index (Phi) is 4.35. The Balaban J connectivity index is 1.88. The fourth-order valence-corrected chi connectivity index (χ4v) is 2.73. The number of hydrogen-bond donors (Lipinski definition) is 0. The first-order valence-corrected chi connectivity index (χ1v) is 7.62. The first-order chi connectivity index (χ1) is 11.5. The molecule has 1 aromatic heterocycles. The topological polar surface area (TPSA) is 106 Å². The second-order valence-corrected chi connectivity index (χ2v) is 5.75. The highest BCUT2D eigenvalue weighted by atomic mass is 32.2. The lowest BCUT2D eigenvalue weighted by Crippen LogP contribution is -2.23. The standard InChI is InChI=1S/C17H11NO5S/c19-15(20)11-7-5-10(6-8-11)9-14(16(21)22)24-17-18-12-3-1-2-4-13(12)23-17/h1-9H,(H,19,20)(H,21,22)/p-2/b14-9+. The molecule has 7 heteroatoms. The maximum Gasteiger partial charge on any atom is 0.261 e. The van der Waals surface area contributed by atoms with E-state index in [1.54, 1.807) is 24.3 Å². The lowest BCUT2D eigenvalue weighted by atomic mass is 10.1. The largest absolute Gasteiger partial charge is 0.545 e. The number of fused-ring (bicyclic) bond motifs is 1. The van der Waals surface area contributed by atoms with Crippen molar-refractivity contribution < 1.29 is 24.2 Å². The summed E-state index contributed by atoms with van der Waals surface area (Å²) in [5.41, 5.74) is 1.68. The van der Waals surface area contributed by atoms with Gasteiger partial charge >= 0.3 is 0 Å². The number of carbonyl (C=O) groups is 2. The number of nitrogens with zero attached hydrogens (tertiary/aromatic N) is 1. The van der Waals surface area contributed by atoms with E-state index in [0.29, 0.717) is 16.7 Å². The van der Waals surface area contributed by atoms with Crippen molar-refractivity contribution in [2.75, 3.05) is 0 Å². The van der Waals surface area contributed by atoms with Gasteiger partial charge in [-0.3, -0.25) is 0 Å². The lowest BCUT2D eigenvalue weighted by molar-refractivity contribution is -0.298. The Bertz CT molecular complexity index is 910. The van der Waals surface area contributed by atoms with Gasteiger partial charge in [0.2, 0.25) is 0 Å². The molecule has 0 aliphatic rings. The van der Waals surface area contributed by atoms with Crippen LogP contribution in [0.4, 0.5) is 0 Å². The average Bonchev–Trinajstić information content (AvgIpc) is 2.97. The van der Waals surface area contributed by atoms with Crippen LogP contribution in [0.25, 0.3) is 17.2 Å². The maximum atomic E-state index is 11.3. The number of carboxylic acids is 2. The van der Waals surface area contributed by atoms with Crippen LogP contribution >= 0.6 is 11.8 Å². The molecule has 3 aromatic rings. The third kappa shape index (κ3) is 3.47. The molecule has 0 amide bonds. The summed E-state index contributed by atoms with van der Waals surface area (Å²) in [6.07, 6.45) is 1.36. The molecule has 120 valence electrons. The van der Waals surface area contributed by atoms with Crippen molar-refractivity contribution in [3.63, 3.8) is 0 Å². The number of aromatic carboxylic acids is 1. The minimum atomic E-state index is -1.38. The molecule has 0 unspecified atom stereocenters. The van der Waals surface area contributed by atoms with Crippen molar-refractivity contribution in [3.8, 4) is 0 Å². The molecule has 0 fully saturated rings. The van der Waals surface area contributed by atoms with E-state index in [2.05, 4.69) is 4.98 Å². The summed E-state index contributed by atoms with van der Waals surface area (Å²) < 4.78 is 5.47. The number of thioether (sulfide) groups is 1. The number of aliphatic carboxylic acids is 1. The quantitative estimate of drug-likeness (QED) is 0.505. The third-order valence-electron chi connectivity index (χ3n) is 3.12. The minimum absolute atomic E-state index is 0.00811. The first-order valence-electron chi connectivity index (χ1n) is 6.81. The second kappa shape index (κ2) is 6.59. The zero-order valence-electron chi connectivity index (χ0n) is 12.1. The van der Waals surface area contributed by atoms with Crippen LogP contribution in [0.3, 0.4) is 0 Å². The van der Waals surface area contributed by atoms with E-state index in [9.17, 15) is 19.8 Å². The molecule has 0 N–H and O–H groups in total. The van der Waals surface area contributed by atoms with Crippen LogP contribution in [0.2, 0.25) is 0 Å². The molecule has 0 aliphatic carbocycles. The molecule has 0 radical (unpaired) electrons. The Morgan fingerprint density at radius 1 is 1.04 bits per heavy atom. The molecule has 0 saturated heterocycles. The summed E-state index contributed by atoms with van der Waals surface area (Å²) >= 11 is 0.821. The molecule has 24 heavy (non-hydrogen) atoms. The van der Waals surface area contributed by atoms with Gasteiger partial charge in [-0.15, -0.1) is 0 Å². The summed E-state index contributed by atoms with van der Waals surface area (Å²) in [7, 11) is 0. The van der Waals surface area contributed by atoms with Gasteiger partial charge < -0.3 is 24.2 Å². The maximum absolute atomic E-state index is 11.3. The van der Waals surface area contributed by atoms with Crippen LogP contribution in [0.1, 0.15) is 15.9 Å². The molecular formula is C17H9NO5S-2. The van der Waals surface area contributed by atoms with Crippen molar-refractivity contribution in [3.05, 3.63) is 64.6 Å². The Morgan fingerprint density at radius 3 is 2.38 bits per heavy atom. The number of benzene rings is 2. The van der Waals surface area contributed by atoms with Gasteiger partial charge in [-0.25, -0.2) is 4.98 Å². The van der Waals surface area contributed by atoms with E-state index in [1.807, 2.05) is 0 Å². The SMILES string of the molecule is O=C([O-])/C(=C\c1ccc(C(=O)[O-])cc1)Sc1nc2ccccc2o1. The van der Waals surface area contributed by atoms with Crippen molar-refractivity contribution in [2.24, 2.45) is 0 Å². The lowest BCUT2D eigenvalue weighted by Gasteiger charge is -2.06. The van der Waals surface area contributed by atoms with Crippen LogP contribution in [-0.4, -0.2) is 16.9 Å². The van der Waals surface area contributed by atoms with Crippen molar-refractivity contribution in [2.45, 2.75) is 5.22 Å². The van der Waals surface area contributed by atoms with Gasteiger partial charge in [-0.1, -0.05) is 36.4 Å². The molecule has 3 rings (SSSR count). The molecule has 0 saturated carbocycles. The molecule has 0 aliphatic heterocycles. The zero-order chi connectivity index (χ0) is 17.1. The Hall–Kier alpha value is -3.06. The van der Waals surface area contributed by atoms with Crippen molar-refractivity contribution in [1.29, 1.82) is 0 Å². The van der Waals surface area contributed by atoms with Gasteiger partial charge in [-0.05, 0) is 41.1 Å². The van der Waals surface area contributed by atoms with E-state index in [0.717, 1.165) is 11.8 Å². The zero-order valence-corrected chi connectivity index (χ0v) is 12.9. The highest BCUT2D eigenvalue weighted by molar-refractivity contribution is 8.03. The van der Waals surface area contributed by atoms with E-state index < -0.39 is 11.9 Å². The predicted molar refractivity (Wildman–Crippen MR) is 83.6 cm³/mol. The second-order valence-electron chi connectivity index (χ2n) is 4.76. The van der Waals surface area contributed by atoms with Crippen LogP contribution in [0.15, 0.2) is 63.1 Å². The van der Waals surface area contributed by atoms with Crippen LogP contribution in [-0.2, 0) is 4.79 Å². The number of carbonyl (C=O) groups excluding carboxylic acids is 2. The predicted octanol–water partition coefficient (Wildman–Crippen LogP) is 1.07. The summed E-state index contributed by atoms with van der Waals surface area (Å²) in [6, 6.07) is 12.7. The van der Waals surface area contributed by atoms with Crippen LogP contribution in [0.5, 0.6) is 0 Å². The normalized spacial score (nSPS) is 11.6. The molecule has 1 heterocycles. The number of hydrogen-bond acceptors (Lipinski definition) is 7. The molecule has 0 bridgehead atoms. The van der Waals surface area contributed by atoms with Gasteiger partial charge in [0.05, 0.1) is 11.9 Å². The number of rotatable bonds is 5. The summed E-state index contributed by atoms with van der Waals surface area (Å²) in [4.78, 5) is 26.1. The molecule has 0 spiro atoms. The van der Waals surface area contributed by atoms with Gasteiger partial charge in [-0.2, -0.15) is 0 Å². The van der Waals surface area contributed by atoms with Crippen molar-refractivity contribution in [1.82, 2.24) is 4.98 Å². The molecular weight excluding hydrogens is 330 g/mol. The summed E-state index contributed by atoms with van der Waals surface area (Å²) in [5.74, 6) is -2.68. The van der Waals surface area contributed by atoms with Crippen LogP contribution in [0, 0.1) is 0 Å². The number of aromatic nitrogens is 1. The Morgan fingerprint density at radius 2 is 1.75 bits per heavy atom. The summed E-state index contributed by atoms with van der Waals surface area (Å²) in [6.45, 7) is 0. The highest BCUT2D eigenvalue weighted by Gasteiger charge is 2.10. The first kappa shape index (κ1) is 15.8. The van der Waals surface area contributed by atoms with E-state index >= 15 is 0 Å². The molecule has 0 atom stereocenters. The fourth-order valence-electron chi connectivity index (χ4n) is 1.99. The monoisotopic (exact) mass is 339 g/mol. The Labute approximate surface area is 140 Å². The smallest absolute Gasteiger partial charge is 0.261 e. The number of carboxylic acid groups (broad SMARTS) is 2. The highest BCUT2D eigenvalue weighted by Crippen LogP contribution is 2.30. The third-order valence-corrected chi connectivity index (χ3v) is 3.97. The molecule has 2 aromatic carbocycles. The van der Waals surface area contributed by atoms with E-state index in [4.69, 9.17) is 4.42 Å². The van der Waals surface area contributed by atoms with Gasteiger partial charge in [0, 0.05) is 4.91 Å². The van der Waals surface area contributed by atoms with E-state index in [-0.39, 0.29) is 15.7 Å². The van der Waals surface area contributed by atoms with Crippen LogP contribution < -0.4 is 10.2 Å². The van der Waals surface area contributed by atoms with E-state index in [1.165, 1.54) is 30.3 Å².